The van der Waals surface area contributed by atoms with Crippen molar-refractivity contribution in [1.29, 1.82) is 0 Å². The fourth-order valence-electron chi connectivity index (χ4n) is 4.35. The highest BCUT2D eigenvalue weighted by Crippen LogP contribution is 2.39. The Bertz CT molecular complexity index is 1260. The van der Waals surface area contributed by atoms with Crippen molar-refractivity contribution in [2.24, 2.45) is 5.92 Å². The van der Waals surface area contributed by atoms with Gasteiger partial charge in [0.1, 0.15) is 0 Å². The summed E-state index contributed by atoms with van der Waals surface area (Å²) in [5, 5.41) is 14.2. The molecular weight excluding hydrogens is 516 g/mol. The van der Waals surface area contributed by atoms with E-state index in [-0.39, 0.29) is 11.8 Å². The van der Waals surface area contributed by atoms with E-state index in [1.54, 1.807) is 7.11 Å². The number of ether oxygens (including phenoxy) is 2. The van der Waals surface area contributed by atoms with Crippen LogP contribution in [0.5, 0.6) is 5.75 Å². The molecule has 1 amide bonds. The number of benzene rings is 1. The normalized spacial score (nSPS) is 15.8. The van der Waals surface area contributed by atoms with Gasteiger partial charge >= 0.3 is 0 Å². The van der Waals surface area contributed by atoms with Crippen LogP contribution in [-0.2, 0) is 9.53 Å². The zero-order chi connectivity index (χ0) is 27.2. The molecule has 3 aromatic rings. The van der Waals surface area contributed by atoms with Crippen LogP contribution in [0.3, 0.4) is 0 Å². The molecule has 0 spiro atoms. The zero-order valence-electron chi connectivity index (χ0n) is 22.7. The van der Waals surface area contributed by atoms with Crippen molar-refractivity contribution in [3.05, 3.63) is 36.0 Å². The molecule has 2 fully saturated rings. The maximum absolute atomic E-state index is 12.1. The molecule has 1 saturated carbocycles. The van der Waals surface area contributed by atoms with Gasteiger partial charge in [-0.2, -0.15) is 5.10 Å². The van der Waals surface area contributed by atoms with Crippen LogP contribution in [0.25, 0.3) is 0 Å². The minimum absolute atomic E-state index is 0.0986. The maximum Gasteiger partial charge on any atom is 0.227 e. The Morgan fingerprint density at radius 3 is 2.56 bits per heavy atom. The minimum Gasteiger partial charge on any atom is -0.487 e. The van der Waals surface area contributed by atoms with E-state index in [4.69, 9.17) is 19.4 Å². The third-order valence-electron chi connectivity index (χ3n) is 6.63. The monoisotopic (exact) mass is 552 g/mol. The summed E-state index contributed by atoms with van der Waals surface area (Å²) in [4.78, 5) is 27.6. The smallest absolute Gasteiger partial charge is 0.227 e. The Morgan fingerprint density at radius 2 is 1.92 bits per heavy atom. The van der Waals surface area contributed by atoms with Crippen molar-refractivity contribution < 1.29 is 14.3 Å². The number of hydrogen-bond acceptors (Lipinski definition) is 10. The summed E-state index contributed by atoms with van der Waals surface area (Å²) in [7, 11) is 1.73. The van der Waals surface area contributed by atoms with Gasteiger partial charge in [-0.05, 0) is 62.7 Å². The van der Waals surface area contributed by atoms with Gasteiger partial charge in [0.15, 0.2) is 22.6 Å². The highest BCUT2D eigenvalue weighted by molar-refractivity contribution is 7.99. The van der Waals surface area contributed by atoms with Crippen molar-refractivity contribution in [2.45, 2.75) is 36.7 Å². The molecule has 39 heavy (non-hydrogen) atoms. The maximum atomic E-state index is 12.1. The fourth-order valence-corrected chi connectivity index (χ4v) is 5.10. The van der Waals surface area contributed by atoms with Crippen molar-refractivity contribution in [2.75, 3.05) is 68.6 Å². The van der Waals surface area contributed by atoms with E-state index in [1.807, 2.05) is 44.2 Å². The first-order chi connectivity index (χ1) is 19.0. The average molecular weight is 553 g/mol. The number of amides is 1. The molecule has 3 N–H and O–H groups in total. The van der Waals surface area contributed by atoms with Gasteiger partial charge in [-0.1, -0.05) is 0 Å². The second-order valence-electron chi connectivity index (χ2n) is 9.71. The minimum atomic E-state index is 0.0986. The lowest BCUT2D eigenvalue weighted by atomic mass is 10.3. The second kappa shape index (κ2) is 12.7. The number of nitrogens with zero attached hydrogens (tertiary/aromatic N) is 5. The molecule has 0 bridgehead atoms. The summed E-state index contributed by atoms with van der Waals surface area (Å²) in [6, 6.07) is 9.72. The fraction of sp³-hybridized carbons (Fsp3) is 0.481. The third-order valence-corrected chi connectivity index (χ3v) is 7.50. The largest absolute Gasteiger partial charge is 0.487 e. The van der Waals surface area contributed by atoms with Crippen LogP contribution < -0.4 is 20.3 Å². The van der Waals surface area contributed by atoms with Crippen LogP contribution >= 0.6 is 11.8 Å². The standard InChI is InChI=1S/C27H36N8O3S/c1-4-38-23-24(29-22-17-18(2)32-33-22)30-27(31-25(23)35-13-11-34(12-14-35)15-16-37-3)39-21-9-7-20(8-10-21)28-26(36)19-5-6-19/h7-10,17,19H,4-6,11-16H2,1-3H3,(H,28,36)(H2,29,30,31,32,33). The van der Waals surface area contributed by atoms with Gasteiger partial charge in [0.25, 0.3) is 0 Å². The predicted molar refractivity (Wildman–Crippen MR) is 152 cm³/mol. The van der Waals surface area contributed by atoms with Crippen LogP contribution in [0.1, 0.15) is 25.5 Å². The Kier molecular flexibility index (Phi) is 8.84. The molecule has 1 aliphatic carbocycles. The highest BCUT2D eigenvalue weighted by Gasteiger charge is 2.29. The molecule has 5 rings (SSSR count). The number of aromatic nitrogens is 4. The molecule has 1 saturated heterocycles. The topological polar surface area (TPSA) is 121 Å². The number of anilines is 4. The van der Waals surface area contributed by atoms with Crippen LogP contribution in [-0.4, -0.2) is 84.0 Å². The van der Waals surface area contributed by atoms with Crippen molar-refractivity contribution in [3.63, 3.8) is 0 Å². The summed E-state index contributed by atoms with van der Waals surface area (Å²) in [5.41, 5.74) is 1.74. The van der Waals surface area contributed by atoms with E-state index in [9.17, 15) is 4.79 Å². The van der Waals surface area contributed by atoms with E-state index < -0.39 is 0 Å². The molecule has 0 unspecified atom stereocenters. The lowest BCUT2D eigenvalue weighted by Crippen LogP contribution is -2.47. The first-order valence-corrected chi connectivity index (χ1v) is 14.2. The second-order valence-corrected chi connectivity index (χ2v) is 10.8. The number of piperazine rings is 1. The number of aromatic amines is 1. The highest BCUT2D eigenvalue weighted by atomic mass is 32.2. The molecule has 2 aromatic heterocycles. The number of carbonyl (C=O) groups is 1. The Morgan fingerprint density at radius 1 is 1.15 bits per heavy atom. The van der Waals surface area contributed by atoms with Gasteiger partial charge in [-0.15, -0.1) is 0 Å². The number of aryl methyl sites for hydroxylation is 1. The lowest BCUT2D eigenvalue weighted by molar-refractivity contribution is -0.117. The van der Waals surface area contributed by atoms with E-state index in [0.29, 0.717) is 29.1 Å². The average Bonchev–Trinajstić information content (AvgIpc) is 3.72. The van der Waals surface area contributed by atoms with Crippen molar-refractivity contribution in [1.82, 2.24) is 25.1 Å². The quantitative estimate of drug-likeness (QED) is 0.285. The molecular formula is C27H36N8O3S. The first kappa shape index (κ1) is 27.2. The third kappa shape index (κ3) is 7.20. The molecule has 208 valence electrons. The number of H-pyrrole nitrogens is 1. The molecule has 11 nitrogen and oxygen atoms in total. The van der Waals surface area contributed by atoms with E-state index in [2.05, 4.69) is 30.6 Å². The SMILES string of the molecule is CCOc1c(Nc2cc(C)[nH]n2)nc(Sc2ccc(NC(=O)C3CC3)cc2)nc1N1CCN(CCOC)CC1. The number of hydrogen-bond donors (Lipinski definition) is 3. The number of rotatable bonds is 12. The van der Waals surface area contributed by atoms with Crippen LogP contribution in [0, 0.1) is 12.8 Å². The molecule has 1 aromatic carbocycles. The van der Waals surface area contributed by atoms with Crippen LogP contribution in [0.2, 0.25) is 0 Å². The van der Waals surface area contributed by atoms with E-state index >= 15 is 0 Å². The Balaban J connectivity index is 1.40. The summed E-state index contributed by atoms with van der Waals surface area (Å²) in [6.45, 7) is 9.50. The number of methoxy groups -OCH3 is 1. The van der Waals surface area contributed by atoms with Crippen LogP contribution in [0.4, 0.5) is 23.1 Å². The Hall–Kier alpha value is -3.35. The predicted octanol–water partition coefficient (Wildman–Crippen LogP) is 3.92. The molecule has 12 heteroatoms. The number of nitrogens with one attached hydrogen (secondary N) is 3. The van der Waals surface area contributed by atoms with Gasteiger partial charge in [-0.3, -0.25) is 14.8 Å². The Labute approximate surface area is 233 Å². The van der Waals surface area contributed by atoms with E-state index in [1.165, 1.54) is 11.8 Å². The van der Waals surface area contributed by atoms with Gasteiger partial charge in [0, 0.05) is 68.1 Å². The van der Waals surface area contributed by atoms with Crippen molar-refractivity contribution in [3.8, 4) is 5.75 Å². The summed E-state index contributed by atoms with van der Waals surface area (Å²) < 4.78 is 11.4. The summed E-state index contributed by atoms with van der Waals surface area (Å²) in [6.07, 6.45) is 1.96. The van der Waals surface area contributed by atoms with Gasteiger partial charge in [0.2, 0.25) is 11.7 Å². The number of carbonyl (C=O) groups excluding carboxylic acids is 1. The zero-order valence-corrected chi connectivity index (χ0v) is 23.5. The molecule has 3 heterocycles. The van der Waals surface area contributed by atoms with Crippen molar-refractivity contribution >= 4 is 40.8 Å². The first-order valence-electron chi connectivity index (χ1n) is 13.4. The summed E-state index contributed by atoms with van der Waals surface area (Å²) >= 11 is 1.47. The van der Waals surface area contributed by atoms with E-state index in [0.717, 1.165) is 74.3 Å². The molecule has 2 aliphatic rings. The lowest BCUT2D eigenvalue weighted by Gasteiger charge is -2.36. The van der Waals surface area contributed by atoms with Crippen LogP contribution in [0.15, 0.2) is 40.4 Å². The molecule has 0 atom stereocenters. The molecule has 0 radical (unpaired) electrons. The summed E-state index contributed by atoms with van der Waals surface area (Å²) in [5.74, 6) is 2.89. The van der Waals surface area contributed by atoms with Gasteiger partial charge < -0.3 is 25.0 Å². The van der Waals surface area contributed by atoms with Gasteiger partial charge in [-0.25, -0.2) is 9.97 Å². The molecule has 1 aliphatic heterocycles. The van der Waals surface area contributed by atoms with Gasteiger partial charge in [0.05, 0.1) is 13.2 Å².